The molecule has 0 fully saturated rings. The maximum atomic E-state index is 11.3. The number of ether oxygens (including phenoxy) is 1. The van der Waals surface area contributed by atoms with Crippen molar-refractivity contribution in [2.45, 2.75) is 19.8 Å². The minimum atomic E-state index is -0.504. The number of carbonyl (C=O) groups is 1. The lowest BCUT2D eigenvalue weighted by atomic mass is 10.1. The monoisotopic (exact) mass is 261 g/mol. The number of rotatable bonds is 4. The average Bonchev–Trinajstić information content (AvgIpc) is 2.87. The number of aromatic amines is 1. The number of H-pyrrole nitrogens is 1. The van der Waals surface area contributed by atoms with Crippen LogP contribution in [0.3, 0.4) is 0 Å². The average molecular weight is 261 g/mol. The van der Waals surface area contributed by atoms with Gasteiger partial charge in [0, 0.05) is 18.0 Å². The van der Waals surface area contributed by atoms with Crippen LogP contribution in [0.5, 0.6) is 0 Å². The van der Waals surface area contributed by atoms with E-state index in [2.05, 4.69) is 44.1 Å². The predicted octanol–water partition coefficient (Wildman–Crippen LogP) is 1.85. The third-order valence-electron chi connectivity index (χ3n) is 2.51. The quantitative estimate of drug-likeness (QED) is 0.816. The van der Waals surface area contributed by atoms with Crippen molar-refractivity contribution in [3.8, 4) is 0 Å². The molecule has 0 atom stereocenters. The number of nitrogens with one attached hydrogen (secondary N) is 2. The Balaban J connectivity index is 2.16. The van der Waals surface area contributed by atoms with Crippen molar-refractivity contribution < 1.29 is 9.53 Å². The molecule has 100 valence electrons. The Morgan fingerprint density at radius 2 is 2.26 bits per heavy atom. The Labute approximate surface area is 110 Å². The molecule has 0 spiro atoms. The molecule has 7 nitrogen and oxygen atoms in total. The molecule has 0 amide bonds. The number of anilines is 2. The Morgan fingerprint density at radius 1 is 1.47 bits per heavy atom. The molecule has 0 radical (unpaired) electrons. The molecule has 2 aromatic rings. The van der Waals surface area contributed by atoms with Gasteiger partial charge in [0.25, 0.3) is 0 Å². The van der Waals surface area contributed by atoms with Crippen LogP contribution in [0.25, 0.3) is 0 Å². The highest BCUT2D eigenvalue weighted by Gasteiger charge is 2.10. The lowest BCUT2D eigenvalue weighted by Gasteiger charge is -2.02. The topological polar surface area (TPSA) is 92.8 Å². The fraction of sp³-hybridized carbons (Fsp3) is 0.333. The molecule has 0 aliphatic heterocycles. The summed E-state index contributed by atoms with van der Waals surface area (Å²) in [7, 11) is 1.31. The fourth-order valence-electron chi connectivity index (χ4n) is 1.45. The third kappa shape index (κ3) is 3.06. The van der Waals surface area contributed by atoms with Crippen LogP contribution in [0.1, 0.15) is 35.9 Å². The van der Waals surface area contributed by atoms with Crippen molar-refractivity contribution in [3.63, 3.8) is 0 Å². The second kappa shape index (κ2) is 5.47. The maximum Gasteiger partial charge on any atom is 0.356 e. The third-order valence-corrected chi connectivity index (χ3v) is 2.51. The first-order valence-electron chi connectivity index (χ1n) is 5.84. The van der Waals surface area contributed by atoms with E-state index in [0.717, 1.165) is 5.69 Å². The van der Waals surface area contributed by atoms with Crippen molar-refractivity contribution >= 4 is 17.7 Å². The molecule has 19 heavy (non-hydrogen) atoms. The van der Waals surface area contributed by atoms with Gasteiger partial charge in [-0.1, -0.05) is 13.8 Å². The number of hydrogen-bond acceptors (Lipinski definition) is 6. The van der Waals surface area contributed by atoms with Crippen LogP contribution in [0.4, 0.5) is 11.8 Å². The lowest BCUT2D eigenvalue weighted by Crippen LogP contribution is -2.07. The van der Waals surface area contributed by atoms with Crippen LogP contribution in [0, 0.1) is 0 Å². The van der Waals surface area contributed by atoms with Gasteiger partial charge in [0.15, 0.2) is 11.5 Å². The Hall–Kier alpha value is -2.44. The summed E-state index contributed by atoms with van der Waals surface area (Å²) in [5, 5.41) is 9.94. The van der Waals surface area contributed by atoms with Crippen LogP contribution in [0.2, 0.25) is 0 Å². The first kappa shape index (κ1) is 13.0. The zero-order chi connectivity index (χ0) is 13.8. The van der Waals surface area contributed by atoms with Crippen LogP contribution < -0.4 is 5.32 Å². The van der Waals surface area contributed by atoms with Crippen LogP contribution in [-0.4, -0.2) is 33.2 Å². The van der Waals surface area contributed by atoms with Gasteiger partial charge in [-0.25, -0.2) is 14.8 Å². The Morgan fingerprint density at radius 3 is 2.89 bits per heavy atom. The minimum absolute atomic E-state index is 0.194. The number of hydrogen-bond donors (Lipinski definition) is 2. The SMILES string of the molecule is COC(=O)c1ccnc(Nc2cc(C(C)C)[nH]n2)n1. The molecule has 2 aromatic heterocycles. The smallest absolute Gasteiger partial charge is 0.356 e. The molecular weight excluding hydrogens is 246 g/mol. The van der Waals surface area contributed by atoms with Crippen molar-refractivity contribution in [1.29, 1.82) is 0 Å². The molecule has 0 unspecified atom stereocenters. The summed E-state index contributed by atoms with van der Waals surface area (Å²) in [6, 6.07) is 3.36. The summed E-state index contributed by atoms with van der Waals surface area (Å²) in [5.41, 5.74) is 1.20. The van der Waals surface area contributed by atoms with Crippen molar-refractivity contribution in [3.05, 3.63) is 29.7 Å². The van der Waals surface area contributed by atoms with E-state index in [9.17, 15) is 4.79 Å². The molecule has 2 heterocycles. The molecule has 0 saturated carbocycles. The van der Waals surface area contributed by atoms with Gasteiger partial charge in [-0.3, -0.25) is 5.10 Å². The van der Waals surface area contributed by atoms with E-state index in [0.29, 0.717) is 17.7 Å². The number of methoxy groups -OCH3 is 1. The molecular formula is C12H15N5O2. The van der Waals surface area contributed by atoms with Gasteiger partial charge >= 0.3 is 5.97 Å². The zero-order valence-electron chi connectivity index (χ0n) is 11.0. The molecule has 0 saturated heterocycles. The van der Waals surface area contributed by atoms with Crippen molar-refractivity contribution in [2.75, 3.05) is 12.4 Å². The lowest BCUT2D eigenvalue weighted by molar-refractivity contribution is 0.0594. The number of carbonyl (C=O) groups excluding carboxylic acids is 1. The van der Waals surface area contributed by atoms with Gasteiger partial charge in [-0.05, 0) is 12.0 Å². The highest BCUT2D eigenvalue weighted by molar-refractivity contribution is 5.87. The summed E-state index contributed by atoms with van der Waals surface area (Å²) >= 11 is 0. The van der Waals surface area contributed by atoms with Gasteiger partial charge in [0.2, 0.25) is 5.95 Å². The van der Waals surface area contributed by atoms with Gasteiger partial charge in [-0.2, -0.15) is 5.10 Å². The fourth-order valence-corrected chi connectivity index (χ4v) is 1.45. The zero-order valence-corrected chi connectivity index (χ0v) is 11.0. The second-order valence-electron chi connectivity index (χ2n) is 4.25. The first-order valence-corrected chi connectivity index (χ1v) is 5.84. The van der Waals surface area contributed by atoms with E-state index in [-0.39, 0.29) is 5.69 Å². The van der Waals surface area contributed by atoms with Gasteiger partial charge in [0.05, 0.1) is 7.11 Å². The minimum Gasteiger partial charge on any atom is -0.464 e. The van der Waals surface area contributed by atoms with Crippen LogP contribution >= 0.6 is 0 Å². The van der Waals surface area contributed by atoms with Crippen LogP contribution in [0.15, 0.2) is 18.3 Å². The van der Waals surface area contributed by atoms with E-state index in [1.165, 1.54) is 19.4 Å². The number of aromatic nitrogens is 4. The van der Waals surface area contributed by atoms with E-state index in [1.54, 1.807) is 0 Å². The summed E-state index contributed by atoms with van der Waals surface area (Å²) in [4.78, 5) is 19.4. The highest BCUT2D eigenvalue weighted by atomic mass is 16.5. The number of nitrogens with zero attached hydrogens (tertiary/aromatic N) is 3. The largest absolute Gasteiger partial charge is 0.464 e. The molecule has 2 rings (SSSR count). The molecule has 0 aromatic carbocycles. The molecule has 7 heteroatoms. The predicted molar refractivity (Wildman–Crippen MR) is 69.3 cm³/mol. The summed E-state index contributed by atoms with van der Waals surface area (Å²) in [6.45, 7) is 4.12. The Bertz CT molecular complexity index is 579. The highest BCUT2D eigenvalue weighted by Crippen LogP contribution is 2.17. The van der Waals surface area contributed by atoms with Crippen molar-refractivity contribution in [1.82, 2.24) is 20.2 Å². The molecule has 0 aliphatic rings. The van der Waals surface area contributed by atoms with Gasteiger partial charge in [-0.15, -0.1) is 0 Å². The first-order chi connectivity index (χ1) is 9.10. The van der Waals surface area contributed by atoms with Crippen LogP contribution in [-0.2, 0) is 4.74 Å². The normalized spacial score (nSPS) is 10.5. The van der Waals surface area contributed by atoms with Gasteiger partial charge in [0.1, 0.15) is 0 Å². The van der Waals surface area contributed by atoms with E-state index in [4.69, 9.17) is 0 Å². The second-order valence-corrected chi connectivity index (χ2v) is 4.25. The maximum absolute atomic E-state index is 11.3. The van der Waals surface area contributed by atoms with E-state index >= 15 is 0 Å². The molecule has 0 bridgehead atoms. The van der Waals surface area contributed by atoms with Gasteiger partial charge < -0.3 is 10.1 Å². The van der Waals surface area contributed by atoms with Crippen molar-refractivity contribution in [2.24, 2.45) is 0 Å². The summed E-state index contributed by atoms with van der Waals surface area (Å²) < 4.78 is 4.60. The van der Waals surface area contributed by atoms with E-state index in [1.807, 2.05) is 6.07 Å². The Kier molecular flexibility index (Phi) is 3.74. The number of esters is 1. The summed E-state index contributed by atoms with van der Waals surface area (Å²) in [5.74, 6) is 0.746. The molecule has 2 N–H and O–H groups in total. The summed E-state index contributed by atoms with van der Waals surface area (Å²) in [6.07, 6.45) is 1.48. The standard InChI is InChI=1S/C12H15N5O2/c1-7(2)9-6-10(17-16-9)15-12-13-5-4-8(14-12)11(18)19-3/h4-7H,1-3H3,(H2,13,14,15,16,17). The van der Waals surface area contributed by atoms with E-state index < -0.39 is 5.97 Å². The molecule has 0 aliphatic carbocycles.